The Hall–Kier alpha value is -0.930. The van der Waals surface area contributed by atoms with Gasteiger partial charge in [0.05, 0.1) is 26.4 Å². The van der Waals surface area contributed by atoms with Crippen molar-refractivity contribution in [3.63, 3.8) is 0 Å². The van der Waals surface area contributed by atoms with Gasteiger partial charge in [0.2, 0.25) is 0 Å². The standard InChI is InChI=1S/C19H30FN3O2.HI/c1-4-21-19(22-12-16-5-6-18(20)15(2)11-16)23-8-7-17(13-23)14-25-10-9-24-3;/h5-6,11,17H,4,7-10,12-14H2,1-3H3,(H,21,22);1H. The minimum atomic E-state index is -0.171. The normalized spacial score (nSPS) is 17.3. The molecule has 1 unspecified atom stereocenters. The van der Waals surface area contributed by atoms with Gasteiger partial charge in [-0.1, -0.05) is 12.1 Å². The summed E-state index contributed by atoms with van der Waals surface area (Å²) in [5, 5.41) is 3.36. The van der Waals surface area contributed by atoms with Crippen LogP contribution in [0.25, 0.3) is 0 Å². The Bertz CT molecular complexity index is 572. The van der Waals surface area contributed by atoms with Crippen LogP contribution >= 0.6 is 24.0 Å². The van der Waals surface area contributed by atoms with Crippen molar-refractivity contribution in [1.82, 2.24) is 10.2 Å². The van der Waals surface area contributed by atoms with E-state index >= 15 is 0 Å². The SMILES string of the molecule is CCNC(=NCc1ccc(F)c(C)c1)N1CCC(COCCOC)C1.I. The fourth-order valence-corrected chi connectivity index (χ4v) is 2.95. The van der Waals surface area contributed by atoms with Crippen molar-refractivity contribution < 1.29 is 13.9 Å². The first kappa shape index (κ1) is 23.1. The highest BCUT2D eigenvalue weighted by Gasteiger charge is 2.24. The summed E-state index contributed by atoms with van der Waals surface area (Å²) in [6.07, 6.45) is 1.10. The molecular weight excluding hydrogens is 448 g/mol. The zero-order valence-corrected chi connectivity index (χ0v) is 18.3. The molecule has 1 aliphatic heterocycles. The summed E-state index contributed by atoms with van der Waals surface area (Å²) >= 11 is 0. The Labute approximate surface area is 173 Å². The van der Waals surface area contributed by atoms with Crippen LogP contribution in [-0.2, 0) is 16.0 Å². The van der Waals surface area contributed by atoms with E-state index in [1.165, 1.54) is 6.07 Å². The first-order valence-corrected chi connectivity index (χ1v) is 8.99. The zero-order chi connectivity index (χ0) is 18.1. The Balaban J connectivity index is 0.00000338. The molecule has 1 fully saturated rings. The van der Waals surface area contributed by atoms with Crippen molar-refractivity contribution >= 4 is 29.9 Å². The molecule has 1 aliphatic rings. The molecule has 0 spiro atoms. The summed E-state index contributed by atoms with van der Waals surface area (Å²) in [5.74, 6) is 1.27. The number of likely N-dealkylation sites (tertiary alicyclic amines) is 1. The van der Waals surface area contributed by atoms with Crippen LogP contribution in [0.4, 0.5) is 4.39 Å². The van der Waals surface area contributed by atoms with E-state index in [1.807, 2.05) is 6.07 Å². The van der Waals surface area contributed by atoms with Crippen molar-refractivity contribution in [2.75, 3.05) is 46.6 Å². The van der Waals surface area contributed by atoms with E-state index in [-0.39, 0.29) is 29.8 Å². The predicted octanol–water partition coefficient (Wildman–Crippen LogP) is 3.20. The van der Waals surface area contributed by atoms with Crippen LogP contribution in [0.15, 0.2) is 23.2 Å². The second kappa shape index (κ2) is 12.5. The van der Waals surface area contributed by atoms with Crippen LogP contribution < -0.4 is 5.32 Å². The van der Waals surface area contributed by atoms with Gasteiger partial charge in [-0.25, -0.2) is 9.38 Å². The first-order chi connectivity index (χ1) is 12.1. The molecule has 0 saturated carbocycles. The molecule has 1 aromatic rings. The lowest BCUT2D eigenvalue weighted by atomic mass is 10.1. The van der Waals surface area contributed by atoms with Crippen molar-refractivity contribution in [2.45, 2.75) is 26.8 Å². The quantitative estimate of drug-likeness (QED) is 0.269. The minimum absolute atomic E-state index is 0. The highest BCUT2D eigenvalue weighted by molar-refractivity contribution is 14.0. The Morgan fingerprint density at radius 3 is 2.88 bits per heavy atom. The van der Waals surface area contributed by atoms with Gasteiger partial charge in [0, 0.05) is 32.7 Å². The summed E-state index contributed by atoms with van der Waals surface area (Å²) in [6.45, 7) is 9.19. The fourth-order valence-electron chi connectivity index (χ4n) is 2.95. The number of halogens is 2. The average Bonchev–Trinajstić information content (AvgIpc) is 3.07. The molecule has 5 nitrogen and oxygen atoms in total. The fraction of sp³-hybridized carbons (Fsp3) is 0.632. The first-order valence-electron chi connectivity index (χ1n) is 8.99. The van der Waals surface area contributed by atoms with Gasteiger partial charge in [0.25, 0.3) is 0 Å². The third-order valence-corrected chi connectivity index (χ3v) is 4.34. The molecule has 1 aromatic carbocycles. The second-order valence-corrected chi connectivity index (χ2v) is 6.42. The van der Waals surface area contributed by atoms with Crippen LogP contribution in [0.2, 0.25) is 0 Å². The summed E-state index contributed by atoms with van der Waals surface area (Å²) < 4.78 is 24.0. The lowest BCUT2D eigenvalue weighted by Crippen LogP contribution is -2.40. The molecule has 0 amide bonds. The van der Waals surface area contributed by atoms with E-state index in [0.717, 1.165) is 44.2 Å². The molecule has 1 saturated heterocycles. The molecule has 0 aromatic heterocycles. The Morgan fingerprint density at radius 2 is 2.19 bits per heavy atom. The van der Waals surface area contributed by atoms with Gasteiger partial charge in [0.15, 0.2) is 5.96 Å². The van der Waals surface area contributed by atoms with Crippen LogP contribution in [0.1, 0.15) is 24.5 Å². The summed E-state index contributed by atoms with van der Waals surface area (Å²) in [7, 11) is 1.68. The molecule has 1 N–H and O–H groups in total. The molecule has 0 radical (unpaired) electrons. The van der Waals surface area contributed by atoms with Gasteiger partial charge in [-0.15, -0.1) is 24.0 Å². The molecule has 7 heteroatoms. The maximum absolute atomic E-state index is 13.4. The highest BCUT2D eigenvalue weighted by Crippen LogP contribution is 2.17. The molecule has 148 valence electrons. The largest absolute Gasteiger partial charge is 0.382 e. The van der Waals surface area contributed by atoms with Crippen molar-refractivity contribution in [1.29, 1.82) is 0 Å². The molecule has 0 aliphatic carbocycles. The van der Waals surface area contributed by atoms with Crippen molar-refractivity contribution in [2.24, 2.45) is 10.9 Å². The molecular formula is C19H31FIN3O2. The van der Waals surface area contributed by atoms with Gasteiger partial charge in [-0.05, 0) is 37.5 Å². The summed E-state index contributed by atoms with van der Waals surface area (Å²) in [6, 6.07) is 5.17. The minimum Gasteiger partial charge on any atom is -0.382 e. The molecule has 1 atom stereocenters. The smallest absolute Gasteiger partial charge is 0.194 e. The molecule has 26 heavy (non-hydrogen) atoms. The van der Waals surface area contributed by atoms with E-state index in [4.69, 9.17) is 14.5 Å². The van der Waals surface area contributed by atoms with Crippen molar-refractivity contribution in [3.05, 3.63) is 35.1 Å². The Morgan fingerprint density at radius 1 is 1.38 bits per heavy atom. The van der Waals surface area contributed by atoms with E-state index < -0.39 is 0 Å². The number of guanidine groups is 1. The average molecular weight is 479 g/mol. The van der Waals surface area contributed by atoms with Crippen LogP contribution in [0.5, 0.6) is 0 Å². The van der Waals surface area contributed by atoms with E-state index in [9.17, 15) is 4.39 Å². The van der Waals surface area contributed by atoms with E-state index in [0.29, 0.717) is 31.2 Å². The number of methoxy groups -OCH3 is 1. The topological polar surface area (TPSA) is 46.1 Å². The van der Waals surface area contributed by atoms with Gasteiger partial charge in [0.1, 0.15) is 5.82 Å². The van der Waals surface area contributed by atoms with Gasteiger partial charge < -0.3 is 19.7 Å². The number of nitrogens with zero attached hydrogens (tertiary/aromatic N) is 2. The third-order valence-electron chi connectivity index (χ3n) is 4.34. The Kier molecular flexibility index (Phi) is 11.1. The van der Waals surface area contributed by atoms with Gasteiger partial charge in [-0.2, -0.15) is 0 Å². The zero-order valence-electron chi connectivity index (χ0n) is 16.0. The van der Waals surface area contributed by atoms with Crippen LogP contribution in [-0.4, -0.2) is 57.4 Å². The summed E-state index contributed by atoms with van der Waals surface area (Å²) in [4.78, 5) is 7.01. The van der Waals surface area contributed by atoms with E-state index in [2.05, 4.69) is 17.1 Å². The lowest BCUT2D eigenvalue weighted by molar-refractivity contribution is 0.0536. The number of hydrogen-bond acceptors (Lipinski definition) is 3. The lowest BCUT2D eigenvalue weighted by Gasteiger charge is -2.21. The number of benzene rings is 1. The number of rotatable bonds is 8. The number of ether oxygens (including phenoxy) is 2. The summed E-state index contributed by atoms with van der Waals surface area (Å²) in [5.41, 5.74) is 1.68. The number of aryl methyl sites for hydroxylation is 1. The second-order valence-electron chi connectivity index (χ2n) is 6.42. The number of aliphatic imine (C=N–C) groups is 1. The monoisotopic (exact) mass is 479 g/mol. The number of hydrogen-bond donors (Lipinski definition) is 1. The maximum Gasteiger partial charge on any atom is 0.194 e. The van der Waals surface area contributed by atoms with Gasteiger partial charge in [-0.3, -0.25) is 0 Å². The maximum atomic E-state index is 13.4. The van der Waals surface area contributed by atoms with Crippen LogP contribution in [0, 0.1) is 18.7 Å². The van der Waals surface area contributed by atoms with E-state index in [1.54, 1.807) is 20.1 Å². The van der Waals surface area contributed by atoms with Crippen molar-refractivity contribution in [3.8, 4) is 0 Å². The third kappa shape index (κ3) is 7.36. The molecule has 0 bridgehead atoms. The highest BCUT2D eigenvalue weighted by atomic mass is 127. The number of nitrogens with one attached hydrogen (secondary N) is 1. The molecule has 2 rings (SSSR count). The molecule has 1 heterocycles. The van der Waals surface area contributed by atoms with Gasteiger partial charge >= 0.3 is 0 Å². The predicted molar refractivity (Wildman–Crippen MR) is 114 cm³/mol. The van der Waals surface area contributed by atoms with Crippen LogP contribution in [0.3, 0.4) is 0 Å².